The molecule has 1 aromatic heterocycles. The third-order valence-electron chi connectivity index (χ3n) is 0.971. The number of rotatable bonds is 1. The van der Waals surface area contributed by atoms with Crippen LogP contribution in [0.1, 0.15) is 11.9 Å². The molecule has 3 nitrogen and oxygen atoms in total. The molecule has 0 bridgehead atoms. The molecule has 0 atom stereocenters. The normalized spacial score (nSPS) is 11.5. The summed E-state index contributed by atoms with van der Waals surface area (Å²) in [5.74, 6) is 0. The van der Waals surface area contributed by atoms with Crippen molar-refractivity contribution in [2.24, 2.45) is 5.73 Å². The molecule has 1 heterocycles. The summed E-state index contributed by atoms with van der Waals surface area (Å²) in [6.45, 7) is 1.76. The van der Waals surface area contributed by atoms with Crippen LogP contribution in [0.4, 0.5) is 0 Å². The molecule has 0 spiro atoms. The molecule has 0 unspecified atom stereocenters. The zero-order valence-corrected chi connectivity index (χ0v) is 6.89. The van der Waals surface area contributed by atoms with Crippen LogP contribution in [0.3, 0.4) is 0 Å². The molecule has 0 aliphatic heterocycles. The van der Waals surface area contributed by atoms with Gasteiger partial charge in [0.15, 0.2) is 0 Å². The van der Waals surface area contributed by atoms with Gasteiger partial charge in [-0.1, -0.05) is 0 Å². The zero-order valence-electron chi connectivity index (χ0n) is 6.07. The Hall–Kier alpha value is -1.16. The van der Waals surface area contributed by atoms with E-state index in [0.29, 0.717) is 10.7 Å². The van der Waals surface area contributed by atoms with Gasteiger partial charge in [0.2, 0.25) is 0 Å². The summed E-state index contributed by atoms with van der Waals surface area (Å²) in [7, 11) is 0. The Kier molecular flexibility index (Phi) is 2.38. The largest absolute Gasteiger partial charge is 0.402 e. The van der Waals surface area contributed by atoms with E-state index in [2.05, 4.69) is 4.98 Å². The molecule has 0 aliphatic rings. The molecule has 0 radical (unpaired) electrons. The minimum absolute atomic E-state index is 0.226. The van der Waals surface area contributed by atoms with E-state index < -0.39 is 0 Å². The molecule has 0 fully saturated rings. The first-order valence-electron chi connectivity index (χ1n) is 3.08. The highest BCUT2D eigenvalue weighted by molar-refractivity contribution is 7.10. The van der Waals surface area contributed by atoms with Gasteiger partial charge in [0, 0.05) is 11.8 Å². The van der Waals surface area contributed by atoms with E-state index in [1.807, 2.05) is 0 Å². The molecular formula is C7H8N2OS. The van der Waals surface area contributed by atoms with E-state index >= 15 is 0 Å². The maximum absolute atomic E-state index is 10.7. The minimum Gasteiger partial charge on any atom is -0.402 e. The van der Waals surface area contributed by atoms with Crippen molar-refractivity contribution in [3.05, 3.63) is 32.5 Å². The minimum atomic E-state index is -0.226. The van der Waals surface area contributed by atoms with E-state index in [9.17, 15) is 4.79 Å². The summed E-state index contributed by atoms with van der Waals surface area (Å²) in [4.78, 5) is 14.4. The molecule has 2 N–H and O–H groups in total. The van der Waals surface area contributed by atoms with Crippen molar-refractivity contribution in [3.63, 3.8) is 0 Å². The molecule has 0 saturated heterocycles. The van der Waals surface area contributed by atoms with E-state index in [1.165, 1.54) is 17.4 Å². The van der Waals surface area contributed by atoms with Gasteiger partial charge >= 0.3 is 0 Å². The highest BCUT2D eigenvalue weighted by Gasteiger charge is 1.90. The van der Waals surface area contributed by atoms with E-state index in [4.69, 9.17) is 5.73 Å². The van der Waals surface area contributed by atoms with Gasteiger partial charge in [-0.25, -0.2) is 0 Å². The molecule has 0 aliphatic carbocycles. The van der Waals surface area contributed by atoms with Gasteiger partial charge in [-0.05, 0) is 18.4 Å². The van der Waals surface area contributed by atoms with Gasteiger partial charge in [-0.2, -0.15) is 4.98 Å². The number of hydrogen-bond donors (Lipinski definition) is 1. The Labute approximate surface area is 68.2 Å². The summed E-state index contributed by atoms with van der Waals surface area (Å²) < 4.78 is 0. The maximum Gasteiger partial charge on any atom is 0.271 e. The van der Waals surface area contributed by atoms with E-state index in [1.54, 1.807) is 18.4 Å². The lowest BCUT2D eigenvalue weighted by atomic mass is 10.5. The van der Waals surface area contributed by atoms with Crippen LogP contribution in [-0.4, -0.2) is 4.98 Å². The fourth-order valence-corrected chi connectivity index (χ4v) is 1.32. The fourth-order valence-electron chi connectivity index (χ4n) is 0.595. The van der Waals surface area contributed by atoms with Crippen LogP contribution >= 0.6 is 11.3 Å². The number of nitrogens with two attached hydrogens (primary N) is 1. The smallest absolute Gasteiger partial charge is 0.271 e. The molecule has 1 rings (SSSR count). The van der Waals surface area contributed by atoms with Crippen LogP contribution in [0.25, 0.3) is 6.08 Å². The summed E-state index contributed by atoms with van der Waals surface area (Å²) in [5.41, 5.74) is 5.83. The van der Waals surface area contributed by atoms with Crippen LogP contribution < -0.4 is 11.3 Å². The van der Waals surface area contributed by atoms with Gasteiger partial charge in [0.25, 0.3) is 5.56 Å². The summed E-state index contributed by atoms with van der Waals surface area (Å²) in [6, 6.07) is 1.42. The molecule has 11 heavy (non-hydrogen) atoms. The van der Waals surface area contributed by atoms with Gasteiger partial charge < -0.3 is 5.73 Å². The number of nitrogens with zero attached hydrogens (tertiary/aromatic N) is 1. The molecular weight excluding hydrogens is 160 g/mol. The van der Waals surface area contributed by atoms with Crippen LogP contribution in [0.2, 0.25) is 0 Å². The topological polar surface area (TPSA) is 56.0 Å². The molecule has 0 aromatic carbocycles. The van der Waals surface area contributed by atoms with Crippen molar-refractivity contribution >= 4 is 17.4 Å². The van der Waals surface area contributed by atoms with Crippen molar-refractivity contribution in [2.75, 3.05) is 0 Å². The third kappa shape index (κ3) is 2.51. The van der Waals surface area contributed by atoms with Crippen molar-refractivity contribution in [2.45, 2.75) is 6.92 Å². The highest BCUT2D eigenvalue weighted by atomic mass is 32.1. The Bertz CT molecular complexity index is 325. The quantitative estimate of drug-likeness (QED) is 0.675. The van der Waals surface area contributed by atoms with Gasteiger partial charge in [-0.15, -0.1) is 11.3 Å². The van der Waals surface area contributed by atoms with Gasteiger partial charge in [-0.3, -0.25) is 4.79 Å². The Balaban J connectivity index is 3.07. The number of hydrogen-bond acceptors (Lipinski definition) is 4. The van der Waals surface area contributed by atoms with Crippen molar-refractivity contribution < 1.29 is 0 Å². The molecule has 58 valence electrons. The summed E-state index contributed by atoms with van der Waals surface area (Å²) in [6.07, 6.45) is 1.67. The second kappa shape index (κ2) is 3.30. The van der Waals surface area contributed by atoms with Gasteiger partial charge in [0.05, 0.1) is 0 Å². The fraction of sp³-hybridized carbons (Fsp3) is 0.143. The predicted molar refractivity (Wildman–Crippen MR) is 46.2 cm³/mol. The molecule has 1 aromatic rings. The monoisotopic (exact) mass is 168 g/mol. The number of allylic oxidation sites excluding steroid dienone is 1. The Morgan fingerprint density at radius 2 is 2.55 bits per heavy atom. The van der Waals surface area contributed by atoms with Crippen LogP contribution in [0.15, 0.2) is 21.9 Å². The van der Waals surface area contributed by atoms with Crippen LogP contribution in [0, 0.1) is 0 Å². The highest BCUT2D eigenvalue weighted by Crippen LogP contribution is 2.03. The summed E-state index contributed by atoms with van der Waals surface area (Å²) in [5, 5.41) is 2.35. The second-order valence-corrected chi connectivity index (χ2v) is 3.02. The molecule has 0 amide bonds. The maximum atomic E-state index is 10.7. The SMILES string of the molecule is CC(N)=Cc1nc(=O)ccs1. The molecule has 4 heteroatoms. The van der Waals surface area contributed by atoms with E-state index in [0.717, 1.165) is 0 Å². The van der Waals surface area contributed by atoms with Crippen LogP contribution in [-0.2, 0) is 0 Å². The first-order chi connectivity index (χ1) is 5.18. The van der Waals surface area contributed by atoms with E-state index in [-0.39, 0.29) is 5.56 Å². The third-order valence-corrected chi connectivity index (χ3v) is 1.69. The Morgan fingerprint density at radius 3 is 3.09 bits per heavy atom. The van der Waals surface area contributed by atoms with Crippen LogP contribution in [0.5, 0.6) is 0 Å². The first-order valence-corrected chi connectivity index (χ1v) is 3.96. The first kappa shape index (κ1) is 7.94. The lowest BCUT2D eigenvalue weighted by molar-refractivity contribution is 1.25. The average Bonchev–Trinajstić information content (AvgIpc) is 1.85. The van der Waals surface area contributed by atoms with Crippen molar-refractivity contribution in [3.8, 4) is 0 Å². The molecule has 0 saturated carbocycles. The predicted octanol–water partition coefficient (Wildman–Crippen LogP) is 0.823. The van der Waals surface area contributed by atoms with Crippen molar-refractivity contribution in [1.82, 2.24) is 4.98 Å². The van der Waals surface area contributed by atoms with Gasteiger partial charge in [0.1, 0.15) is 5.01 Å². The zero-order chi connectivity index (χ0) is 8.27. The average molecular weight is 168 g/mol. The second-order valence-electron chi connectivity index (χ2n) is 2.10. The lowest BCUT2D eigenvalue weighted by Gasteiger charge is -1.89. The number of aromatic nitrogens is 1. The summed E-state index contributed by atoms with van der Waals surface area (Å²) >= 11 is 1.39. The Morgan fingerprint density at radius 1 is 1.82 bits per heavy atom. The van der Waals surface area contributed by atoms with Crippen molar-refractivity contribution in [1.29, 1.82) is 0 Å². The lowest BCUT2D eigenvalue weighted by Crippen LogP contribution is -2.02. The standard InChI is InChI=1S/C7H8N2OS/c1-5(8)4-7-9-6(10)2-3-11-7/h2-4H,8H2,1H3.